The number of anilines is 1. The van der Waals surface area contributed by atoms with Gasteiger partial charge in [0, 0.05) is 11.9 Å². The molecule has 0 bridgehead atoms. The maximum absolute atomic E-state index is 9.29. The summed E-state index contributed by atoms with van der Waals surface area (Å²) in [4.78, 5) is 4.58. The standard InChI is InChI=1S/C16H20N4/c1-11(2)16(3,10-18)20-15-8-12(9-17)13-6-4-5-7-14(13)19-15/h4-8,11H,10,18H2,1-3H3,(H,19,20). The van der Waals surface area contributed by atoms with E-state index in [0.29, 0.717) is 23.8 Å². The quantitative estimate of drug-likeness (QED) is 0.894. The molecule has 3 N–H and O–H groups in total. The first-order valence-electron chi connectivity index (χ1n) is 6.78. The van der Waals surface area contributed by atoms with Crippen LogP contribution < -0.4 is 11.1 Å². The number of hydrogen-bond donors (Lipinski definition) is 2. The van der Waals surface area contributed by atoms with E-state index in [9.17, 15) is 5.26 Å². The summed E-state index contributed by atoms with van der Waals surface area (Å²) < 4.78 is 0. The van der Waals surface area contributed by atoms with E-state index in [1.807, 2.05) is 24.3 Å². The van der Waals surface area contributed by atoms with Gasteiger partial charge in [0.25, 0.3) is 0 Å². The molecule has 1 heterocycles. The lowest BCUT2D eigenvalue weighted by Gasteiger charge is -2.34. The van der Waals surface area contributed by atoms with E-state index in [0.717, 1.165) is 10.9 Å². The monoisotopic (exact) mass is 268 g/mol. The molecule has 0 fully saturated rings. The molecule has 2 rings (SSSR count). The van der Waals surface area contributed by atoms with Gasteiger partial charge in [0.1, 0.15) is 5.82 Å². The second-order valence-electron chi connectivity index (χ2n) is 5.59. The lowest BCUT2D eigenvalue weighted by atomic mass is 9.88. The Labute approximate surface area is 119 Å². The smallest absolute Gasteiger partial charge is 0.128 e. The molecule has 0 amide bonds. The molecule has 1 aromatic heterocycles. The number of benzene rings is 1. The molecule has 0 radical (unpaired) electrons. The third-order valence-electron chi connectivity index (χ3n) is 3.95. The Morgan fingerprint density at radius 3 is 2.70 bits per heavy atom. The number of nitrogens with one attached hydrogen (secondary N) is 1. The van der Waals surface area contributed by atoms with Crippen molar-refractivity contribution in [2.45, 2.75) is 26.3 Å². The predicted molar refractivity (Wildman–Crippen MR) is 82.4 cm³/mol. The van der Waals surface area contributed by atoms with Crippen LogP contribution in [0.2, 0.25) is 0 Å². The lowest BCUT2D eigenvalue weighted by Crippen LogP contribution is -2.47. The van der Waals surface area contributed by atoms with Crippen LogP contribution in [0, 0.1) is 17.2 Å². The number of pyridine rings is 1. The number of nitrogens with two attached hydrogens (primary N) is 1. The van der Waals surface area contributed by atoms with Crippen molar-refractivity contribution in [2.75, 3.05) is 11.9 Å². The highest BCUT2D eigenvalue weighted by Gasteiger charge is 2.27. The third-order valence-corrected chi connectivity index (χ3v) is 3.95. The molecule has 1 atom stereocenters. The molecule has 0 saturated heterocycles. The number of fused-ring (bicyclic) bond motifs is 1. The molecule has 0 saturated carbocycles. The fourth-order valence-corrected chi connectivity index (χ4v) is 2.06. The lowest BCUT2D eigenvalue weighted by molar-refractivity contribution is 0.381. The minimum atomic E-state index is -0.248. The van der Waals surface area contributed by atoms with Crippen molar-refractivity contribution in [1.82, 2.24) is 4.98 Å². The van der Waals surface area contributed by atoms with E-state index in [2.05, 4.69) is 37.1 Å². The fraction of sp³-hybridized carbons (Fsp3) is 0.375. The number of aromatic nitrogens is 1. The molecule has 2 aromatic rings. The third kappa shape index (κ3) is 2.59. The summed E-state index contributed by atoms with van der Waals surface area (Å²) in [6, 6.07) is 11.7. The highest BCUT2D eigenvalue weighted by molar-refractivity contribution is 5.86. The summed E-state index contributed by atoms with van der Waals surface area (Å²) in [5.41, 5.74) is 7.08. The van der Waals surface area contributed by atoms with E-state index in [1.54, 1.807) is 6.07 Å². The summed E-state index contributed by atoms with van der Waals surface area (Å²) in [6.45, 7) is 6.81. The van der Waals surface area contributed by atoms with Crippen molar-refractivity contribution in [3.05, 3.63) is 35.9 Å². The van der Waals surface area contributed by atoms with Crippen LogP contribution in [0.25, 0.3) is 10.9 Å². The summed E-state index contributed by atoms with van der Waals surface area (Å²) in [5.74, 6) is 1.05. The molecule has 104 valence electrons. The molecule has 0 aliphatic carbocycles. The Morgan fingerprint density at radius 2 is 2.10 bits per heavy atom. The van der Waals surface area contributed by atoms with Gasteiger partial charge in [0.15, 0.2) is 0 Å². The number of para-hydroxylation sites is 1. The van der Waals surface area contributed by atoms with Gasteiger partial charge >= 0.3 is 0 Å². The van der Waals surface area contributed by atoms with Gasteiger partial charge < -0.3 is 11.1 Å². The van der Waals surface area contributed by atoms with Crippen LogP contribution in [0.4, 0.5) is 5.82 Å². The Bertz CT molecular complexity index is 657. The summed E-state index contributed by atoms with van der Waals surface area (Å²) >= 11 is 0. The molecular formula is C16H20N4. The van der Waals surface area contributed by atoms with Gasteiger partial charge in [-0.15, -0.1) is 0 Å². The van der Waals surface area contributed by atoms with Gasteiger partial charge in [0.05, 0.1) is 22.7 Å². The second-order valence-corrected chi connectivity index (χ2v) is 5.59. The number of nitrogens with zero attached hydrogens (tertiary/aromatic N) is 2. The van der Waals surface area contributed by atoms with Gasteiger partial charge in [-0.3, -0.25) is 0 Å². The highest BCUT2D eigenvalue weighted by Crippen LogP contribution is 2.25. The van der Waals surface area contributed by atoms with E-state index in [1.165, 1.54) is 0 Å². The molecule has 0 spiro atoms. The highest BCUT2D eigenvalue weighted by atomic mass is 15.1. The molecule has 20 heavy (non-hydrogen) atoms. The van der Waals surface area contributed by atoms with Crippen molar-refractivity contribution in [1.29, 1.82) is 5.26 Å². The molecule has 4 nitrogen and oxygen atoms in total. The number of nitriles is 1. The Morgan fingerprint density at radius 1 is 1.40 bits per heavy atom. The van der Waals surface area contributed by atoms with Crippen LogP contribution in [-0.2, 0) is 0 Å². The first kappa shape index (κ1) is 14.3. The van der Waals surface area contributed by atoms with Crippen molar-refractivity contribution < 1.29 is 0 Å². The zero-order valence-corrected chi connectivity index (χ0v) is 12.1. The first-order valence-corrected chi connectivity index (χ1v) is 6.78. The van der Waals surface area contributed by atoms with E-state index < -0.39 is 0 Å². The maximum Gasteiger partial charge on any atom is 0.128 e. The largest absolute Gasteiger partial charge is 0.363 e. The van der Waals surface area contributed by atoms with Crippen molar-refractivity contribution in [3.8, 4) is 6.07 Å². The van der Waals surface area contributed by atoms with Crippen LogP contribution in [0.1, 0.15) is 26.3 Å². The van der Waals surface area contributed by atoms with Gasteiger partial charge in [0.2, 0.25) is 0 Å². The van der Waals surface area contributed by atoms with Gasteiger partial charge in [-0.05, 0) is 25.0 Å². The van der Waals surface area contributed by atoms with Crippen LogP contribution in [-0.4, -0.2) is 17.1 Å². The van der Waals surface area contributed by atoms with E-state index >= 15 is 0 Å². The average molecular weight is 268 g/mol. The molecule has 1 aromatic carbocycles. The second kappa shape index (κ2) is 5.48. The first-order chi connectivity index (χ1) is 9.50. The Hall–Kier alpha value is -2.12. The molecule has 1 unspecified atom stereocenters. The van der Waals surface area contributed by atoms with Gasteiger partial charge in [-0.2, -0.15) is 5.26 Å². The van der Waals surface area contributed by atoms with E-state index in [4.69, 9.17) is 5.73 Å². The van der Waals surface area contributed by atoms with Crippen LogP contribution >= 0.6 is 0 Å². The molecule has 4 heteroatoms. The molecular weight excluding hydrogens is 248 g/mol. The fourth-order valence-electron chi connectivity index (χ4n) is 2.06. The number of hydrogen-bond acceptors (Lipinski definition) is 4. The maximum atomic E-state index is 9.29. The topological polar surface area (TPSA) is 74.7 Å². The minimum absolute atomic E-state index is 0.248. The van der Waals surface area contributed by atoms with Crippen LogP contribution in [0.5, 0.6) is 0 Å². The van der Waals surface area contributed by atoms with Crippen LogP contribution in [0.15, 0.2) is 30.3 Å². The Balaban J connectivity index is 2.49. The Kier molecular flexibility index (Phi) is 3.91. The average Bonchev–Trinajstić information content (AvgIpc) is 2.46. The summed E-state index contributed by atoms with van der Waals surface area (Å²) in [6.07, 6.45) is 0. The zero-order chi connectivity index (χ0) is 14.8. The molecule has 0 aliphatic heterocycles. The zero-order valence-electron chi connectivity index (χ0n) is 12.1. The van der Waals surface area contributed by atoms with Gasteiger partial charge in [-0.1, -0.05) is 32.0 Å². The molecule has 0 aliphatic rings. The van der Waals surface area contributed by atoms with Crippen molar-refractivity contribution >= 4 is 16.7 Å². The van der Waals surface area contributed by atoms with Crippen molar-refractivity contribution in [3.63, 3.8) is 0 Å². The van der Waals surface area contributed by atoms with Gasteiger partial charge in [-0.25, -0.2) is 4.98 Å². The normalized spacial score (nSPS) is 14.0. The summed E-state index contributed by atoms with van der Waals surface area (Å²) in [5, 5.41) is 13.6. The minimum Gasteiger partial charge on any atom is -0.363 e. The van der Waals surface area contributed by atoms with E-state index in [-0.39, 0.29) is 5.54 Å². The SMILES string of the molecule is CC(C)C(C)(CN)Nc1cc(C#N)c2ccccc2n1. The number of rotatable bonds is 4. The van der Waals surface area contributed by atoms with Crippen molar-refractivity contribution in [2.24, 2.45) is 11.7 Å². The summed E-state index contributed by atoms with van der Waals surface area (Å²) in [7, 11) is 0. The van der Waals surface area contributed by atoms with Crippen LogP contribution in [0.3, 0.4) is 0 Å². The predicted octanol–water partition coefficient (Wildman–Crippen LogP) is 2.89.